The molecule has 0 unspecified atom stereocenters. The monoisotopic (exact) mass is 164 g/mol. The van der Waals surface area contributed by atoms with Gasteiger partial charge in [-0.3, -0.25) is 4.79 Å². The van der Waals surface area contributed by atoms with Crippen molar-refractivity contribution >= 4 is 16.4 Å². The Balaban J connectivity index is 4.01. The predicted octanol–water partition coefficient (Wildman–Crippen LogP) is -0.371. The molecule has 0 aliphatic heterocycles. The van der Waals surface area contributed by atoms with E-state index in [0.29, 0.717) is 0 Å². The Labute approximate surface area is 60.7 Å². The molecule has 0 bridgehead atoms. The van der Waals surface area contributed by atoms with E-state index in [4.69, 9.17) is 0 Å². The molecule has 5 heteroatoms. The highest BCUT2D eigenvalue weighted by atomic mass is 32.2. The molecule has 0 aromatic rings. The summed E-state index contributed by atoms with van der Waals surface area (Å²) in [5.41, 5.74) is 0. The lowest BCUT2D eigenvalue weighted by Crippen LogP contribution is -2.26. The Morgan fingerprint density at radius 3 is 2.30 bits per heavy atom. The van der Waals surface area contributed by atoms with Crippen LogP contribution in [0.2, 0.25) is 0 Å². The maximum absolute atomic E-state index is 10.7. The number of rotatable bonds is 4. The first-order chi connectivity index (χ1) is 4.48. The Kier molecular flexibility index (Phi) is 3.35. The molecule has 0 saturated heterocycles. The largest absolute Gasteiger partial charge is 0.323 e. The van der Waals surface area contributed by atoms with E-state index in [1.54, 1.807) is 18.6 Å². The van der Waals surface area contributed by atoms with Gasteiger partial charge in [-0.1, -0.05) is 13.8 Å². The Hall–Kier alpha value is -0.580. The standard InChI is InChI=1S/C5H10NO3S/c1-5(2)3-10(8,9)6-4-7/h5H,3H2,1-2H3,(H,6,7). The van der Waals surface area contributed by atoms with Crippen LogP contribution in [0.5, 0.6) is 0 Å². The Morgan fingerprint density at radius 1 is 1.50 bits per heavy atom. The number of carbonyl (C=O) groups excluding carboxylic acids is 1. The Morgan fingerprint density at radius 2 is 2.00 bits per heavy atom. The molecule has 4 nitrogen and oxygen atoms in total. The SMILES string of the molecule is CC(C)CS(=O)(=O)N[C]=O. The lowest BCUT2D eigenvalue weighted by molar-refractivity contribution is 0.544. The van der Waals surface area contributed by atoms with E-state index in [9.17, 15) is 13.2 Å². The van der Waals surface area contributed by atoms with Crippen LogP contribution in [0.25, 0.3) is 0 Å². The first-order valence-electron chi connectivity index (χ1n) is 2.84. The minimum atomic E-state index is -3.40. The lowest BCUT2D eigenvalue weighted by atomic mass is 10.3. The van der Waals surface area contributed by atoms with Crippen molar-refractivity contribution < 1.29 is 13.2 Å². The lowest BCUT2D eigenvalue weighted by Gasteiger charge is -2.02. The van der Waals surface area contributed by atoms with Gasteiger partial charge < -0.3 is 0 Å². The van der Waals surface area contributed by atoms with Crippen molar-refractivity contribution in [3.8, 4) is 0 Å². The van der Waals surface area contributed by atoms with Gasteiger partial charge in [0, 0.05) is 0 Å². The van der Waals surface area contributed by atoms with E-state index in [1.807, 2.05) is 0 Å². The summed E-state index contributed by atoms with van der Waals surface area (Å²) < 4.78 is 23.0. The van der Waals surface area contributed by atoms with Crippen LogP contribution in [-0.4, -0.2) is 20.6 Å². The highest BCUT2D eigenvalue weighted by molar-refractivity contribution is 7.89. The summed E-state index contributed by atoms with van der Waals surface area (Å²) in [5.74, 6) is -0.0201. The van der Waals surface area contributed by atoms with Crippen molar-refractivity contribution in [2.45, 2.75) is 13.8 Å². The number of sulfonamides is 1. The molecule has 0 spiro atoms. The van der Waals surface area contributed by atoms with Gasteiger partial charge in [-0.05, 0) is 5.92 Å². The van der Waals surface area contributed by atoms with Gasteiger partial charge in [-0.2, -0.15) is 0 Å². The van der Waals surface area contributed by atoms with Crippen LogP contribution in [-0.2, 0) is 14.8 Å². The van der Waals surface area contributed by atoms with Crippen LogP contribution in [0.15, 0.2) is 0 Å². The summed E-state index contributed by atoms with van der Waals surface area (Å²) in [6.07, 6.45) is 1.13. The summed E-state index contributed by atoms with van der Waals surface area (Å²) in [6.45, 7) is 3.51. The molecular formula is C5H10NO3S. The summed E-state index contributed by atoms with van der Waals surface area (Å²) in [7, 11) is -3.40. The molecular weight excluding hydrogens is 154 g/mol. The topological polar surface area (TPSA) is 63.2 Å². The summed E-state index contributed by atoms with van der Waals surface area (Å²) in [6, 6.07) is 0. The summed E-state index contributed by atoms with van der Waals surface area (Å²) in [4.78, 5) is 9.59. The number of hydrogen-bond donors (Lipinski definition) is 1. The second-order valence-electron chi connectivity index (χ2n) is 2.38. The maximum atomic E-state index is 10.7. The zero-order valence-corrected chi connectivity index (χ0v) is 6.73. The fourth-order valence-electron chi connectivity index (χ4n) is 0.544. The fourth-order valence-corrected chi connectivity index (χ4v) is 1.63. The molecule has 0 fully saturated rings. The highest BCUT2D eigenvalue weighted by Gasteiger charge is 2.10. The molecule has 0 aliphatic rings. The van der Waals surface area contributed by atoms with Crippen molar-refractivity contribution in [1.29, 1.82) is 0 Å². The van der Waals surface area contributed by atoms with Crippen LogP contribution in [0, 0.1) is 5.92 Å². The second-order valence-corrected chi connectivity index (χ2v) is 4.15. The smallest absolute Gasteiger partial charge is 0.263 e. The molecule has 1 radical (unpaired) electrons. The van der Waals surface area contributed by atoms with Crippen molar-refractivity contribution in [2.75, 3.05) is 5.75 Å². The number of hydrogen-bond acceptors (Lipinski definition) is 3. The average molecular weight is 164 g/mol. The fraction of sp³-hybridized carbons (Fsp3) is 0.800. The maximum Gasteiger partial charge on any atom is 0.323 e. The Bertz CT molecular complexity index is 195. The van der Waals surface area contributed by atoms with E-state index < -0.39 is 10.0 Å². The molecule has 0 rings (SSSR count). The molecule has 1 amide bonds. The molecule has 0 atom stereocenters. The van der Waals surface area contributed by atoms with Gasteiger partial charge in [0.05, 0.1) is 5.75 Å². The number of nitrogens with one attached hydrogen (secondary N) is 1. The second kappa shape index (κ2) is 3.55. The molecule has 0 aliphatic carbocycles. The highest BCUT2D eigenvalue weighted by Crippen LogP contribution is 1.95. The molecule has 59 valence electrons. The molecule has 0 saturated carbocycles. The van der Waals surface area contributed by atoms with Gasteiger partial charge in [-0.15, -0.1) is 0 Å². The minimum Gasteiger partial charge on any atom is -0.263 e. The van der Waals surface area contributed by atoms with Gasteiger partial charge in [0.25, 0.3) is 0 Å². The minimum absolute atomic E-state index is 0.0193. The zero-order valence-electron chi connectivity index (χ0n) is 5.92. The van der Waals surface area contributed by atoms with Gasteiger partial charge in [-0.25, -0.2) is 13.1 Å². The van der Waals surface area contributed by atoms with Gasteiger partial charge in [0.2, 0.25) is 10.0 Å². The average Bonchev–Trinajstić information content (AvgIpc) is 1.59. The van der Waals surface area contributed by atoms with Crippen molar-refractivity contribution in [3.05, 3.63) is 0 Å². The molecule has 1 N–H and O–H groups in total. The molecule has 10 heavy (non-hydrogen) atoms. The van der Waals surface area contributed by atoms with Crippen LogP contribution in [0.3, 0.4) is 0 Å². The van der Waals surface area contributed by atoms with E-state index in [0.717, 1.165) is 6.41 Å². The van der Waals surface area contributed by atoms with Gasteiger partial charge in [0.15, 0.2) is 0 Å². The third-order valence-corrected chi connectivity index (χ3v) is 2.25. The van der Waals surface area contributed by atoms with Crippen molar-refractivity contribution in [1.82, 2.24) is 4.72 Å². The van der Waals surface area contributed by atoms with E-state index in [2.05, 4.69) is 0 Å². The molecule has 0 heterocycles. The van der Waals surface area contributed by atoms with Crippen LogP contribution in [0.4, 0.5) is 0 Å². The quantitative estimate of drug-likeness (QED) is 0.576. The summed E-state index contributed by atoms with van der Waals surface area (Å²) >= 11 is 0. The van der Waals surface area contributed by atoms with Crippen molar-refractivity contribution in [2.24, 2.45) is 5.92 Å². The summed E-state index contributed by atoms with van der Waals surface area (Å²) in [5, 5.41) is 0. The third kappa shape index (κ3) is 4.31. The van der Waals surface area contributed by atoms with Crippen LogP contribution < -0.4 is 4.72 Å². The van der Waals surface area contributed by atoms with Gasteiger partial charge in [0.1, 0.15) is 0 Å². The molecule has 0 aromatic carbocycles. The van der Waals surface area contributed by atoms with E-state index in [1.165, 1.54) is 0 Å². The van der Waals surface area contributed by atoms with E-state index in [-0.39, 0.29) is 11.7 Å². The first-order valence-corrected chi connectivity index (χ1v) is 4.50. The van der Waals surface area contributed by atoms with Crippen LogP contribution >= 0.6 is 0 Å². The first kappa shape index (κ1) is 9.42. The van der Waals surface area contributed by atoms with Crippen LogP contribution in [0.1, 0.15) is 13.8 Å². The van der Waals surface area contributed by atoms with Gasteiger partial charge >= 0.3 is 6.41 Å². The zero-order chi connectivity index (χ0) is 8.20. The normalized spacial score (nSPS) is 11.5. The number of amides is 1. The van der Waals surface area contributed by atoms with Crippen molar-refractivity contribution in [3.63, 3.8) is 0 Å². The predicted molar refractivity (Wildman–Crippen MR) is 37.5 cm³/mol. The van der Waals surface area contributed by atoms with E-state index >= 15 is 0 Å². The third-order valence-electron chi connectivity index (χ3n) is 0.750. The molecule has 0 aromatic heterocycles.